The number of nitrogens with one attached hydrogen (secondary N) is 1. The average molecular weight is 254 g/mol. The van der Waals surface area contributed by atoms with E-state index in [2.05, 4.69) is 11.6 Å². The Kier molecular flexibility index (Phi) is 3.39. The molecule has 4 heteroatoms. The fraction of sp³-hybridized carbons (Fsp3) is 0.200. The lowest BCUT2D eigenvalue weighted by molar-refractivity contribution is 0.103. The molecule has 1 aromatic heterocycles. The summed E-state index contributed by atoms with van der Waals surface area (Å²) in [6.07, 6.45) is 0.0497. The number of ether oxygens (including phenoxy) is 1. The smallest absolute Gasteiger partial charge is 0.219 e. The van der Waals surface area contributed by atoms with Crippen LogP contribution in [-0.4, -0.2) is 16.9 Å². The first-order chi connectivity index (χ1) is 9.02. The van der Waals surface area contributed by atoms with Crippen LogP contribution >= 0.6 is 0 Å². The molecule has 0 amide bonds. The van der Waals surface area contributed by atoms with Crippen LogP contribution in [0.1, 0.15) is 24.3 Å². The Hall–Kier alpha value is -2.54. The molecule has 2 aromatic rings. The summed E-state index contributed by atoms with van der Waals surface area (Å²) < 4.78 is 5.69. The molecule has 1 aromatic carbocycles. The van der Waals surface area contributed by atoms with Crippen molar-refractivity contribution < 1.29 is 9.53 Å². The number of hydrogen-bond donors (Lipinski definition) is 1. The standard InChI is InChI=1S/C15H14N2O2/c1-9(2)19-14-6-4-5-12-11(14)7-13(17-12)15(18)10(3)8-16/h4-7,9,17H,3H2,1-2H3. The van der Waals surface area contributed by atoms with E-state index in [1.54, 1.807) is 12.1 Å². The van der Waals surface area contributed by atoms with E-state index in [9.17, 15) is 4.79 Å². The highest BCUT2D eigenvalue weighted by atomic mass is 16.5. The summed E-state index contributed by atoms with van der Waals surface area (Å²) >= 11 is 0. The Labute approximate surface area is 111 Å². The molecular weight excluding hydrogens is 240 g/mol. The molecule has 0 fully saturated rings. The van der Waals surface area contributed by atoms with E-state index in [1.807, 2.05) is 32.0 Å². The fourth-order valence-corrected chi connectivity index (χ4v) is 1.82. The minimum Gasteiger partial charge on any atom is -0.490 e. The Morgan fingerprint density at radius 2 is 2.21 bits per heavy atom. The first-order valence-electron chi connectivity index (χ1n) is 5.95. The van der Waals surface area contributed by atoms with E-state index in [-0.39, 0.29) is 11.7 Å². The Morgan fingerprint density at radius 3 is 2.84 bits per heavy atom. The summed E-state index contributed by atoms with van der Waals surface area (Å²) in [5.41, 5.74) is 1.06. The number of H-pyrrole nitrogens is 1. The van der Waals surface area contributed by atoms with E-state index in [0.29, 0.717) is 11.4 Å². The van der Waals surface area contributed by atoms with Crippen LogP contribution in [0.5, 0.6) is 5.75 Å². The molecule has 0 aliphatic rings. The van der Waals surface area contributed by atoms with Gasteiger partial charge in [0.15, 0.2) is 0 Å². The third kappa shape index (κ3) is 2.50. The zero-order valence-corrected chi connectivity index (χ0v) is 10.9. The van der Waals surface area contributed by atoms with Crippen LogP contribution in [0.3, 0.4) is 0 Å². The van der Waals surface area contributed by atoms with Crippen molar-refractivity contribution >= 4 is 16.7 Å². The number of nitriles is 1. The van der Waals surface area contributed by atoms with Gasteiger partial charge in [-0.25, -0.2) is 0 Å². The second-order valence-corrected chi connectivity index (χ2v) is 4.49. The summed E-state index contributed by atoms with van der Waals surface area (Å²) in [6.45, 7) is 7.31. The lowest BCUT2D eigenvalue weighted by atomic mass is 10.1. The molecular formula is C15H14N2O2. The maximum Gasteiger partial charge on any atom is 0.219 e. The number of fused-ring (bicyclic) bond motifs is 1. The molecule has 0 saturated heterocycles. The SMILES string of the molecule is C=C(C#N)C(=O)c1cc2c(OC(C)C)cccc2[nH]1. The molecule has 0 atom stereocenters. The Balaban J connectivity index is 2.49. The molecule has 96 valence electrons. The number of hydrogen-bond acceptors (Lipinski definition) is 3. The molecule has 4 nitrogen and oxygen atoms in total. The van der Waals surface area contributed by atoms with Crippen LogP contribution in [0.15, 0.2) is 36.4 Å². The molecule has 0 spiro atoms. The molecule has 2 rings (SSSR count). The van der Waals surface area contributed by atoms with E-state index < -0.39 is 5.78 Å². The summed E-state index contributed by atoms with van der Waals surface area (Å²) in [5.74, 6) is 0.319. The zero-order valence-electron chi connectivity index (χ0n) is 10.9. The van der Waals surface area contributed by atoms with Gasteiger partial charge in [0.25, 0.3) is 0 Å². The summed E-state index contributed by atoms with van der Waals surface area (Å²) in [7, 11) is 0. The summed E-state index contributed by atoms with van der Waals surface area (Å²) in [6, 6.07) is 9.01. The fourth-order valence-electron chi connectivity index (χ4n) is 1.82. The zero-order chi connectivity index (χ0) is 14.0. The van der Waals surface area contributed by atoms with E-state index in [4.69, 9.17) is 10.00 Å². The van der Waals surface area contributed by atoms with Gasteiger partial charge in [0, 0.05) is 10.9 Å². The molecule has 0 radical (unpaired) electrons. The third-order valence-corrected chi connectivity index (χ3v) is 2.64. The predicted octanol–water partition coefficient (Wildman–Crippen LogP) is 3.22. The largest absolute Gasteiger partial charge is 0.490 e. The van der Waals surface area contributed by atoms with Crippen LogP contribution in [0.25, 0.3) is 10.9 Å². The van der Waals surface area contributed by atoms with Gasteiger partial charge in [-0.05, 0) is 32.0 Å². The lowest BCUT2D eigenvalue weighted by Gasteiger charge is -2.10. The molecule has 0 unspecified atom stereocenters. The van der Waals surface area contributed by atoms with Crippen molar-refractivity contribution in [1.29, 1.82) is 5.26 Å². The number of nitrogens with zero attached hydrogens (tertiary/aromatic N) is 1. The predicted molar refractivity (Wildman–Crippen MR) is 73.1 cm³/mol. The highest BCUT2D eigenvalue weighted by molar-refractivity contribution is 6.12. The van der Waals surface area contributed by atoms with E-state index in [1.165, 1.54) is 0 Å². The highest BCUT2D eigenvalue weighted by Crippen LogP contribution is 2.27. The third-order valence-electron chi connectivity index (χ3n) is 2.64. The number of benzene rings is 1. The number of aromatic amines is 1. The first-order valence-corrected chi connectivity index (χ1v) is 5.95. The number of aromatic nitrogens is 1. The molecule has 1 N–H and O–H groups in total. The molecule has 1 heterocycles. The van der Waals surface area contributed by atoms with Crippen LogP contribution in [0.4, 0.5) is 0 Å². The van der Waals surface area contributed by atoms with Crippen molar-refractivity contribution in [2.24, 2.45) is 0 Å². The van der Waals surface area contributed by atoms with Gasteiger partial charge in [-0.2, -0.15) is 5.26 Å². The normalized spacial score (nSPS) is 10.4. The van der Waals surface area contributed by atoms with Crippen molar-refractivity contribution in [3.63, 3.8) is 0 Å². The maximum atomic E-state index is 11.9. The van der Waals surface area contributed by atoms with Crippen molar-refractivity contribution in [3.8, 4) is 11.8 Å². The Morgan fingerprint density at radius 1 is 1.47 bits per heavy atom. The Bertz CT molecular complexity index is 690. The molecule has 19 heavy (non-hydrogen) atoms. The number of carbonyl (C=O) groups is 1. The monoisotopic (exact) mass is 254 g/mol. The first kappa shape index (κ1) is 12.9. The molecule has 0 aliphatic heterocycles. The summed E-state index contributed by atoms with van der Waals surface area (Å²) in [4.78, 5) is 14.9. The number of Topliss-reactive ketones (excluding diaryl/α,β-unsaturated/α-hetero) is 1. The summed E-state index contributed by atoms with van der Waals surface area (Å²) in [5, 5.41) is 9.53. The number of rotatable bonds is 4. The highest BCUT2D eigenvalue weighted by Gasteiger charge is 2.15. The quantitative estimate of drug-likeness (QED) is 0.517. The second-order valence-electron chi connectivity index (χ2n) is 4.49. The van der Waals surface area contributed by atoms with Crippen molar-refractivity contribution in [3.05, 3.63) is 42.1 Å². The molecule has 0 saturated carbocycles. The topological polar surface area (TPSA) is 65.9 Å². The average Bonchev–Trinajstić information content (AvgIpc) is 2.81. The number of allylic oxidation sites excluding steroid dienone is 1. The minimum absolute atomic E-state index is 0.0497. The van der Waals surface area contributed by atoms with Gasteiger partial charge in [0.2, 0.25) is 5.78 Å². The minimum atomic E-state index is -0.394. The second kappa shape index (κ2) is 4.99. The van der Waals surface area contributed by atoms with Crippen LogP contribution < -0.4 is 4.74 Å². The van der Waals surface area contributed by atoms with E-state index >= 15 is 0 Å². The van der Waals surface area contributed by atoms with Crippen LogP contribution in [-0.2, 0) is 0 Å². The van der Waals surface area contributed by atoms with Gasteiger partial charge in [-0.3, -0.25) is 4.79 Å². The lowest BCUT2D eigenvalue weighted by Crippen LogP contribution is -2.05. The van der Waals surface area contributed by atoms with Gasteiger partial charge in [-0.1, -0.05) is 12.6 Å². The number of carbonyl (C=O) groups excluding carboxylic acids is 1. The van der Waals surface area contributed by atoms with Crippen molar-refractivity contribution in [1.82, 2.24) is 4.98 Å². The number of ketones is 1. The van der Waals surface area contributed by atoms with Gasteiger partial charge in [0.05, 0.1) is 17.4 Å². The maximum absolute atomic E-state index is 11.9. The van der Waals surface area contributed by atoms with Gasteiger partial charge in [-0.15, -0.1) is 0 Å². The molecule has 0 aliphatic carbocycles. The van der Waals surface area contributed by atoms with Gasteiger partial charge in [0.1, 0.15) is 11.8 Å². The van der Waals surface area contributed by atoms with E-state index in [0.717, 1.165) is 10.9 Å². The van der Waals surface area contributed by atoms with Gasteiger partial charge >= 0.3 is 0 Å². The van der Waals surface area contributed by atoms with Crippen molar-refractivity contribution in [2.75, 3.05) is 0 Å². The molecule has 0 bridgehead atoms. The van der Waals surface area contributed by atoms with Crippen molar-refractivity contribution in [2.45, 2.75) is 20.0 Å². The van der Waals surface area contributed by atoms with Crippen LogP contribution in [0.2, 0.25) is 0 Å². The van der Waals surface area contributed by atoms with Gasteiger partial charge < -0.3 is 9.72 Å². The van der Waals surface area contributed by atoms with Crippen LogP contribution in [0, 0.1) is 11.3 Å².